The summed E-state index contributed by atoms with van der Waals surface area (Å²) in [5, 5.41) is 15.8. The average Bonchev–Trinajstić information content (AvgIpc) is 2.79. The number of benzene rings is 2. The Morgan fingerprint density at radius 1 is 1.11 bits per heavy atom. The Morgan fingerprint density at radius 3 is 2.63 bits per heavy atom. The van der Waals surface area contributed by atoms with Gasteiger partial charge in [0.25, 0.3) is 0 Å². The van der Waals surface area contributed by atoms with E-state index in [1.165, 1.54) is 0 Å². The van der Waals surface area contributed by atoms with Gasteiger partial charge in [-0.1, -0.05) is 18.2 Å². The van der Waals surface area contributed by atoms with Gasteiger partial charge < -0.3 is 9.84 Å². The van der Waals surface area contributed by atoms with Crippen LogP contribution >= 0.6 is 0 Å². The van der Waals surface area contributed by atoms with Crippen molar-refractivity contribution in [2.75, 3.05) is 7.11 Å². The molecule has 0 aliphatic heterocycles. The molecule has 0 aliphatic carbocycles. The molecule has 2 aromatic carbocycles. The zero-order valence-electron chi connectivity index (χ0n) is 10.8. The van der Waals surface area contributed by atoms with Gasteiger partial charge in [0, 0.05) is 7.05 Å². The molecule has 0 radical (unpaired) electrons. The number of phenols is 1. The highest BCUT2D eigenvalue weighted by atomic mass is 16.5. The molecule has 1 heterocycles. The van der Waals surface area contributed by atoms with Crippen LogP contribution in [0.25, 0.3) is 21.9 Å². The lowest BCUT2D eigenvalue weighted by atomic mass is 10.0. The molecule has 0 atom stereocenters. The predicted octanol–water partition coefficient (Wildman–Crippen LogP) is 2.95. The zero-order chi connectivity index (χ0) is 13.4. The third-order valence-electron chi connectivity index (χ3n) is 3.21. The number of methoxy groups -OCH3 is 1. The van der Waals surface area contributed by atoms with Crippen LogP contribution in [-0.4, -0.2) is 22.0 Å². The first-order valence-corrected chi connectivity index (χ1v) is 5.98. The number of aryl methyl sites for hydroxylation is 1. The largest absolute Gasteiger partial charge is 0.508 e. The van der Waals surface area contributed by atoms with E-state index in [0.717, 1.165) is 27.8 Å². The van der Waals surface area contributed by atoms with Crippen LogP contribution in [0.4, 0.5) is 0 Å². The van der Waals surface area contributed by atoms with E-state index >= 15 is 0 Å². The zero-order valence-corrected chi connectivity index (χ0v) is 10.8. The van der Waals surface area contributed by atoms with Gasteiger partial charge >= 0.3 is 0 Å². The molecule has 0 saturated heterocycles. The first-order valence-electron chi connectivity index (χ1n) is 5.98. The Hall–Kier alpha value is -2.49. The van der Waals surface area contributed by atoms with E-state index in [2.05, 4.69) is 11.2 Å². The van der Waals surface area contributed by atoms with E-state index in [0.29, 0.717) is 0 Å². The first-order chi connectivity index (χ1) is 9.19. The van der Waals surface area contributed by atoms with Gasteiger partial charge in [-0.25, -0.2) is 4.68 Å². The molecule has 0 amide bonds. The van der Waals surface area contributed by atoms with Crippen LogP contribution in [0.15, 0.2) is 42.6 Å². The average molecular weight is 254 g/mol. The summed E-state index contributed by atoms with van der Waals surface area (Å²) in [6.07, 6.45) is 1.79. The highest BCUT2D eigenvalue weighted by Crippen LogP contribution is 2.32. The van der Waals surface area contributed by atoms with E-state index in [4.69, 9.17) is 4.74 Å². The van der Waals surface area contributed by atoms with E-state index < -0.39 is 0 Å². The Morgan fingerprint density at radius 2 is 1.84 bits per heavy atom. The van der Waals surface area contributed by atoms with Crippen LogP contribution in [0.3, 0.4) is 0 Å². The van der Waals surface area contributed by atoms with Gasteiger partial charge in [-0.2, -0.15) is 5.10 Å². The van der Waals surface area contributed by atoms with Gasteiger partial charge in [0.05, 0.1) is 18.9 Å². The highest BCUT2D eigenvalue weighted by molar-refractivity contribution is 5.88. The van der Waals surface area contributed by atoms with Crippen LogP contribution in [0.2, 0.25) is 0 Å². The number of aromatic hydroxyl groups is 1. The smallest absolute Gasteiger partial charge is 0.219 e. The topological polar surface area (TPSA) is 47.3 Å². The number of fused-ring (bicyclic) bond motifs is 1. The van der Waals surface area contributed by atoms with Gasteiger partial charge in [-0.15, -0.1) is 0 Å². The maximum atomic E-state index is 9.47. The minimum Gasteiger partial charge on any atom is -0.508 e. The standard InChI is InChI=1S/C15H14N2O2/c1-17-15(19-2)14(9-16-17)12-4-3-11-8-13(18)6-5-10(11)7-12/h3-9,18H,1-2H3. The van der Waals surface area contributed by atoms with E-state index in [1.807, 2.05) is 25.2 Å². The van der Waals surface area contributed by atoms with Crippen molar-refractivity contribution in [3.05, 3.63) is 42.6 Å². The van der Waals surface area contributed by atoms with Gasteiger partial charge in [-0.05, 0) is 34.5 Å². The quantitative estimate of drug-likeness (QED) is 0.764. The molecule has 19 heavy (non-hydrogen) atoms. The molecule has 1 aromatic heterocycles. The van der Waals surface area contributed by atoms with Gasteiger partial charge in [-0.3, -0.25) is 0 Å². The normalized spacial score (nSPS) is 10.8. The van der Waals surface area contributed by atoms with Crippen LogP contribution in [-0.2, 0) is 7.05 Å². The highest BCUT2D eigenvalue weighted by Gasteiger charge is 2.11. The maximum Gasteiger partial charge on any atom is 0.219 e. The molecule has 0 saturated carbocycles. The van der Waals surface area contributed by atoms with Crippen molar-refractivity contribution in [1.82, 2.24) is 9.78 Å². The van der Waals surface area contributed by atoms with Crippen molar-refractivity contribution >= 4 is 10.8 Å². The summed E-state index contributed by atoms with van der Waals surface area (Å²) in [6.45, 7) is 0. The lowest BCUT2D eigenvalue weighted by Crippen LogP contribution is -1.95. The number of hydrogen-bond donors (Lipinski definition) is 1. The third kappa shape index (κ3) is 1.91. The van der Waals surface area contributed by atoms with Crippen molar-refractivity contribution in [2.24, 2.45) is 7.05 Å². The number of nitrogens with zero attached hydrogens (tertiary/aromatic N) is 2. The Labute approximate surface area is 110 Å². The summed E-state index contributed by atoms with van der Waals surface area (Å²) >= 11 is 0. The molecule has 4 nitrogen and oxygen atoms in total. The molecule has 0 aliphatic rings. The van der Waals surface area contributed by atoms with Crippen molar-refractivity contribution in [2.45, 2.75) is 0 Å². The third-order valence-corrected chi connectivity index (χ3v) is 3.21. The van der Waals surface area contributed by atoms with Crippen LogP contribution in [0.1, 0.15) is 0 Å². The SMILES string of the molecule is COc1c(-c2ccc3cc(O)ccc3c2)cnn1C. The van der Waals surface area contributed by atoms with Gasteiger partial charge in [0.1, 0.15) is 5.75 Å². The van der Waals surface area contributed by atoms with E-state index in [-0.39, 0.29) is 5.75 Å². The van der Waals surface area contributed by atoms with Crippen molar-refractivity contribution < 1.29 is 9.84 Å². The summed E-state index contributed by atoms with van der Waals surface area (Å²) in [7, 11) is 3.49. The van der Waals surface area contributed by atoms with E-state index in [9.17, 15) is 5.11 Å². The first kappa shape index (κ1) is 11.6. The minimum atomic E-state index is 0.277. The fourth-order valence-corrected chi connectivity index (χ4v) is 2.27. The molecule has 0 unspecified atom stereocenters. The molecule has 3 aromatic rings. The summed E-state index contributed by atoms with van der Waals surface area (Å²) in [4.78, 5) is 0. The van der Waals surface area contributed by atoms with Crippen molar-refractivity contribution in [1.29, 1.82) is 0 Å². The summed E-state index contributed by atoms with van der Waals surface area (Å²) < 4.78 is 7.07. The minimum absolute atomic E-state index is 0.277. The lowest BCUT2D eigenvalue weighted by Gasteiger charge is -2.06. The lowest BCUT2D eigenvalue weighted by molar-refractivity contribution is 0.375. The number of hydrogen-bond acceptors (Lipinski definition) is 3. The van der Waals surface area contributed by atoms with Gasteiger partial charge in [0.2, 0.25) is 5.88 Å². The maximum absolute atomic E-state index is 9.47. The summed E-state index contributed by atoms with van der Waals surface area (Å²) in [5.41, 5.74) is 2.00. The molecule has 0 fully saturated rings. The second-order valence-corrected chi connectivity index (χ2v) is 4.44. The number of ether oxygens (including phenoxy) is 1. The van der Waals surface area contributed by atoms with E-state index in [1.54, 1.807) is 30.1 Å². The molecule has 4 heteroatoms. The van der Waals surface area contributed by atoms with Crippen LogP contribution in [0.5, 0.6) is 11.6 Å². The fraction of sp³-hybridized carbons (Fsp3) is 0.133. The molecule has 0 spiro atoms. The van der Waals surface area contributed by atoms with Gasteiger partial charge in [0.15, 0.2) is 0 Å². The Kier molecular flexibility index (Phi) is 2.63. The second-order valence-electron chi connectivity index (χ2n) is 4.44. The second kappa shape index (κ2) is 4.31. The van der Waals surface area contributed by atoms with Crippen molar-refractivity contribution in [3.8, 4) is 22.8 Å². The molecule has 96 valence electrons. The monoisotopic (exact) mass is 254 g/mol. The van der Waals surface area contributed by atoms with Crippen LogP contribution < -0.4 is 4.74 Å². The number of phenolic OH excluding ortho intramolecular Hbond substituents is 1. The summed E-state index contributed by atoms with van der Waals surface area (Å²) in [6, 6.07) is 11.4. The predicted molar refractivity (Wildman–Crippen MR) is 74.4 cm³/mol. The molecule has 1 N–H and O–H groups in total. The summed E-state index contributed by atoms with van der Waals surface area (Å²) in [5.74, 6) is 1.01. The number of aromatic nitrogens is 2. The fourth-order valence-electron chi connectivity index (χ4n) is 2.27. The molecular weight excluding hydrogens is 240 g/mol. The number of rotatable bonds is 2. The Bertz CT molecular complexity index is 747. The van der Waals surface area contributed by atoms with Crippen LogP contribution in [0, 0.1) is 0 Å². The Balaban J connectivity index is 2.17. The van der Waals surface area contributed by atoms with Crippen molar-refractivity contribution in [3.63, 3.8) is 0 Å². The molecular formula is C15H14N2O2. The molecule has 3 rings (SSSR count). The molecule has 0 bridgehead atoms.